The number of aliphatic hydroxyl groups excluding tert-OH is 1. The third-order valence-corrected chi connectivity index (χ3v) is 4.27. The summed E-state index contributed by atoms with van der Waals surface area (Å²) in [4.78, 5) is 13.8. The second-order valence-corrected chi connectivity index (χ2v) is 6.43. The number of carbonyl (C=O) groups excluding carboxylic acids is 1. The molecule has 2 atom stereocenters. The summed E-state index contributed by atoms with van der Waals surface area (Å²) in [7, 11) is 1.42. The zero-order chi connectivity index (χ0) is 18.8. The average molecular weight is 354 g/mol. The van der Waals surface area contributed by atoms with E-state index in [0.717, 1.165) is 64.2 Å². The van der Waals surface area contributed by atoms with Gasteiger partial charge in [-0.3, -0.25) is 4.79 Å². The Bertz CT molecular complexity index is 407. The third-order valence-electron chi connectivity index (χ3n) is 4.27. The van der Waals surface area contributed by atoms with E-state index in [1.54, 1.807) is 0 Å². The van der Waals surface area contributed by atoms with Gasteiger partial charge in [0.1, 0.15) is 0 Å². The van der Waals surface area contributed by atoms with E-state index < -0.39 is 6.10 Å². The molecule has 0 aliphatic carbocycles. The molecule has 0 aromatic heterocycles. The number of nitrogens with zero attached hydrogens (tertiary/aromatic N) is 3. The van der Waals surface area contributed by atoms with Gasteiger partial charge in [-0.15, -0.1) is 0 Å². The fraction of sp³-hybridized carbons (Fsp3) is 0.842. The molecule has 25 heavy (non-hydrogen) atoms. The zero-order valence-corrected chi connectivity index (χ0v) is 15.9. The summed E-state index contributed by atoms with van der Waals surface area (Å²) >= 11 is 0. The lowest BCUT2D eigenvalue weighted by Gasteiger charge is -2.16. The van der Waals surface area contributed by atoms with E-state index in [1.165, 1.54) is 7.11 Å². The van der Waals surface area contributed by atoms with E-state index >= 15 is 0 Å². The Labute approximate surface area is 152 Å². The van der Waals surface area contributed by atoms with Crippen molar-refractivity contribution in [1.82, 2.24) is 0 Å². The molecule has 0 heterocycles. The summed E-state index contributed by atoms with van der Waals surface area (Å²) in [6.07, 6.45) is 14.8. The minimum absolute atomic E-state index is 0.129. The van der Waals surface area contributed by atoms with Crippen LogP contribution in [0.1, 0.15) is 84.0 Å². The fourth-order valence-corrected chi connectivity index (χ4v) is 2.67. The van der Waals surface area contributed by atoms with Crippen molar-refractivity contribution in [3.63, 3.8) is 0 Å². The van der Waals surface area contributed by atoms with Crippen LogP contribution in [0.15, 0.2) is 17.3 Å². The van der Waals surface area contributed by atoms with Gasteiger partial charge in [0.2, 0.25) is 0 Å². The molecule has 0 spiro atoms. The first-order chi connectivity index (χ1) is 12.2. The van der Waals surface area contributed by atoms with Crippen molar-refractivity contribution >= 4 is 5.97 Å². The SMILES string of the molecule is CCCCCC(N=[N+]=[N-])C(O)CC=CCCCCCCCC(=O)OC. The number of methoxy groups -OCH3 is 1. The van der Waals surface area contributed by atoms with Crippen LogP contribution in [0.2, 0.25) is 0 Å². The molecule has 144 valence electrons. The molecule has 0 aromatic rings. The Morgan fingerprint density at radius 3 is 2.56 bits per heavy atom. The van der Waals surface area contributed by atoms with Gasteiger partial charge >= 0.3 is 5.97 Å². The molecule has 0 saturated heterocycles. The normalized spacial score (nSPS) is 13.4. The summed E-state index contributed by atoms with van der Waals surface area (Å²) in [6.45, 7) is 2.13. The third kappa shape index (κ3) is 14.5. The molecule has 0 fully saturated rings. The van der Waals surface area contributed by atoms with Crippen LogP contribution in [0.25, 0.3) is 10.4 Å². The highest BCUT2D eigenvalue weighted by Gasteiger charge is 2.15. The summed E-state index contributed by atoms with van der Waals surface area (Å²) in [5.74, 6) is -0.129. The minimum atomic E-state index is -0.595. The summed E-state index contributed by atoms with van der Waals surface area (Å²) in [5, 5.41) is 13.9. The van der Waals surface area contributed by atoms with Crippen molar-refractivity contribution in [2.75, 3.05) is 7.11 Å². The number of carbonyl (C=O) groups is 1. The van der Waals surface area contributed by atoms with Crippen LogP contribution < -0.4 is 0 Å². The first-order valence-electron chi connectivity index (χ1n) is 9.59. The molecule has 6 nitrogen and oxygen atoms in total. The van der Waals surface area contributed by atoms with E-state index in [1.807, 2.05) is 6.08 Å². The number of hydrogen-bond donors (Lipinski definition) is 1. The summed E-state index contributed by atoms with van der Waals surface area (Å²) in [6, 6.07) is -0.323. The highest BCUT2D eigenvalue weighted by Crippen LogP contribution is 2.14. The second-order valence-electron chi connectivity index (χ2n) is 6.43. The highest BCUT2D eigenvalue weighted by atomic mass is 16.5. The smallest absolute Gasteiger partial charge is 0.305 e. The maximum Gasteiger partial charge on any atom is 0.305 e. The van der Waals surface area contributed by atoms with Crippen LogP contribution in [0, 0.1) is 0 Å². The standard InChI is InChI=1S/C19H35N3O3/c1-3-4-11-14-17(21-22-20)18(23)15-12-9-7-5-6-8-10-13-16-19(24)25-2/h9,12,17-18,23H,3-8,10-11,13-16H2,1-2H3. The van der Waals surface area contributed by atoms with Crippen LogP contribution in [-0.4, -0.2) is 30.3 Å². The van der Waals surface area contributed by atoms with Crippen LogP contribution in [-0.2, 0) is 9.53 Å². The molecular weight excluding hydrogens is 318 g/mol. The van der Waals surface area contributed by atoms with Gasteiger partial charge in [-0.05, 0) is 37.6 Å². The monoisotopic (exact) mass is 353 g/mol. The van der Waals surface area contributed by atoms with E-state index in [2.05, 4.69) is 27.8 Å². The Morgan fingerprint density at radius 1 is 1.16 bits per heavy atom. The van der Waals surface area contributed by atoms with Gasteiger partial charge in [-0.25, -0.2) is 0 Å². The molecule has 2 unspecified atom stereocenters. The largest absolute Gasteiger partial charge is 0.469 e. The molecule has 1 N–H and O–H groups in total. The molecule has 0 bridgehead atoms. The van der Waals surface area contributed by atoms with E-state index in [-0.39, 0.29) is 12.0 Å². The van der Waals surface area contributed by atoms with Gasteiger partial charge < -0.3 is 9.84 Å². The average Bonchev–Trinajstić information content (AvgIpc) is 2.62. The van der Waals surface area contributed by atoms with Crippen molar-refractivity contribution in [1.29, 1.82) is 0 Å². The second kappa shape index (κ2) is 17.3. The number of rotatable bonds is 16. The highest BCUT2D eigenvalue weighted by molar-refractivity contribution is 5.68. The predicted molar refractivity (Wildman–Crippen MR) is 101 cm³/mol. The lowest BCUT2D eigenvalue weighted by Crippen LogP contribution is -2.23. The van der Waals surface area contributed by atoms with Crippen molar-refractivity contribution < 1.29 is 14.6 Å². The van der Waals surface area contributed by atoms with Gasteiger partial charge in [0.05, 0.1) is 19.3 Å². The van der Waals surface area contributed by atoms with Crippen molar-refractivity contribution in [3.8, 4) is 0 Å². The molecule has 6 heteroatoms. The maximum atomic E-state index is 11.0. The van der Waals surface area contributed by atoms with Crippen molar-refractivity contribution in [3.05, 3.63) is 22.6 Å². The van der Waals surface area contributed by atoms with Gasteiger partial charge in [-0.2, -0.15) is 0 Å². The molecule has 0 saturated carbocycles. The molecule has 0 rings (SSSR count). The summed E-state index contributed by atoms with van der Waals surface area (Å²) < 4.78 is 4.61. The van der Waals surface area contributed by atoms with Gasteiger partial charge in [0, 0.05) is 11.3 Å². The first-order valence-corrected chi connectivity index (χ1v) is 9.59. The molecule has 0 aliphatic heterocycles. The van der Waals surface area contributed by atoms with Gasteiger partial charge in [0.15, 0.2) is 0 Å². The quantitative estimate of drug-likeness (QED) is 0.0996. The Balaban J connectivity index is 3.73. The minimum Gasteiger partial charge on any atom is -0.469 e. The van der Waals surface area contributed by atoms with Gasteiger partial charge in [-0.1, -0.05) is 62.7 Å². The van der Waals surface area contributed by atoms with E-state index in [4.69, 9.17) is 5.53 Å². The molecule has 0 radical (unpaired) electrons. The van der Waals surface area contributed by atoms with Crippen molar-refractivity contribution in [2.45, 2.75) is 96.1 Å². The number of aliphatic hydroxyl groups is 1. The lowest BCUT2D eigenvalue weighted by molar-refractivity contribution is -0.140. The number of azide groups is 1. The van der Waals surface area contributed by atoms with Crippen LogP contribution in [0.3, 0.4) is 0 Å². The van der Waals surface area contributed by atoms with Crippen LogP contribution >= 0.6 is 0 Å². The lowest BCUT2D eigenvalue weighted by atomic mass is 10.0. The Kier molecular flexibility index (Phi) is 16.3. The number of unbranched alkanes of at least 4 members (excludes halogenated alkanes) is 7. The predicted octanol–water partition coefficient (Wildman–Crippen LogP) is 5.46. The number of hydrogen-bond acceptors (Lipinski definition) is 4. The van der Waals surface area contributed by atoms with E-state index in [0.29, 0.717) is 12.8 Å². The maximum absolute atomic E-state index is 11.0. The Hall–Kier alpha value is -1.52. The first kappa shape index (κ1) is 23.5. The van der Waals surface area contributed by atoms with E-state index in [9.17, 15) is 9.90 Å². The van der Waals surface area contributed by atoms with Crippen LogP contribution in [0.4, 0.5) is 0 Å². The van der Waals surface area contributed by atoms with Crippen LogP contribution in [0.5, 0.6) is 0 Å². The fourth-order valence-electron chi connectivity index (χ4n) is 2.67. The molecule has 0 aromatic carbocycles. The summed E-state index contributed by atoms with van der Waals surface area (Å²) in [5.41, 5.74) is 8.62. The Morgan fingerprint density at radius 2 is 1.88 bits per heavy atom. The molecular formula is C19H35N3O3. The zero-order valence-electron chi connectivity index (χ0n) is 15.9. The topological polar surface area (TPSA) is 95.3 Å². The number of allylic oxidation sites excluding steroid dienone is 1. The molecule has 0 aliphatic rings. The van der Waals surface area contributed by atoms with Crippen molar-refractivity contribution in [2.24, 2.45) is 5.11 Å². The molecule has 0 amide bonds. The number of esters is 1. The number of ether oxygens (including phenoxy) is 1. The van der Waals surface area contributed by atoms with Gasteiger partial charge in [0.25, 0.3) is 0 Å².